The zero-order valence-electron chi connectivity index (χ0n) is 11.2. The van der Waals surface area contributed by atoms with E-state index in [1.165, 1.54) is 12.1 Å². The van der Waals surface area contributed by atoms with E-state index < -0.39 is 11.9 Å². The lowest BCUT2D eigenvalue weighted by atomic mass is 9.89. The van der Waals surface area contributed by atoms with Gasteiger partial charge in [-0.2, -0.15) is 0 Å². The van der Waals surface area contributed by atoms with Crippen LogP contribution in [0.5, 0.6) is 0 Å². The molecule has 0 spiro atoms. The fraction of sp³-hybridized carbons (Fsp3) is 0.500. The predicted octanol–water partition coefficient (Wildman–Crippen LogP) is 2.27. The molecule has 4 heteroatoms. The average molecular weight is 253 g/mol. The predicted molar refractivity (Wildman–Crippen MR) is 68.9 cm³/mol. The first-order valence-corrected chi connectivity index (χ1v) is 5.94. The van der Waals surface area contributed by atoms with Crippen molar-refractivity contribution in [3.63, 3.8) is 0 Å². The molecule has 18 heavy (non-hydrogen) atoms. The third kappa shape index (κ3) is 3.81. The molecule has 1 rings (SSSR count). The lowest BCUT2D eigenvalue weighted by molar-refractivity contribution is 0.0586. The molecule has 0 aliphatic carbocycles. The van der Waals surface area contributed by atoms with Crippen molar-refractivity contribution in [2.24, 2.45) is 5.41 Å². The lowest BCUT2D eigenvalue weighted by Crippen LogP contribution is -2.39. The Morgan fingerprint density at radius 3 is 2.61 bits per heavy atom. The molecule has 1 aromatic rings. The molecular formula is C14H20FNO2. The number of benzene rings is 1. The topological polar surface area (TPSA) is 49.3 Å². The molecule has 1 aromatic carbocycles. The zero-order valence-corrected chi connectivity index (χ0v) is 11.2. The molecule has 0 aromatic heterocycles. The van der Waals surface area contributed by atoms with Crippen molar-refractivity contribution < 1.29 is 14.3 Å². The first-order chi connectivity index (χ1) is 8.21. The molecule has 0 aliphatic heterocycles. The quantitative estimate of drug-likeness (QED) is 0.868. The van der Waals surface area contributed by atoms with E-state index in [-0.39, 0.29) is 17.9 Å². The molecule has 1 atom stereocenters. The highest BCUT2D eigenvalue weighted by Gasteiger charge is 2.22. The van der Waals surface area contributed by atoms with Crippen molar-refractivity contribution in [3.05, 3.63) is 35.1 Å². The number of amides is 1. The standard InChI is InChI=1S/C14H20FNO2/c1-9-5-6-10(15)7-11(9)13(18)16-8-12(17)14(2,3)4/h5-7,12,17H,8H2,1-4H3,(H,16,18). The highest BCUT2D eigenvalue weighted by atomic mass is 19.1. The van der Waals surface area contributed by atoms with E-state index in [1.807, 2.05) is 20.8 Å². The molecular weight excluding hydrogens is 233 g/mol. The van der Waals surface area contributed by atoms with Crippen LogP contribution in [0.1, 0.15) is 36.7 Å². The van der Waals surface area contributed by atoms with Crippen LogP contribution in [-0.2, 0) is 0 Å². The second-order valence-corrected chi connectivity index (χ2v) is 5.55. The summed E-state index contributed by atoms with van der Waals surface area (Å²) in [5.41, 5.74) is 0.708. The Labute approximate surface area is 107 Å². The minimum absolute atomic E-state index is 0.151. The van der Waals surface area contributed by atoms with Gasteiger partial charge >= 0.3 is 0 Å². The van der Waals surface area contributed by atoms with Crippen LogP contribution in [0.15, 0.2) is 18.2 Å². The van der Waals surface area contributed by atoms with E-state index >= 15 is 0 Å². The summed E-state index contributed by atoms with van der Waals surface area (Å²) >= 11 is 0. The summed E-state index contributed by atoms with van der Waals surface area (Å²) in [5, 5.41) is 12.4. The van der Waals surface area contributed by atoms with Crippen molar-refractivity contribution in [3.8, 4) is 0 Å². The molecule has 3 nitrogen and oxygen atoms in total. The number of hydrogen-bond donors (Lipinski definition) is 2. The molecule has 0 saturated heterocycles. The van der Waals surface area contributed by atoms with Crippen LogP contribution in [0.25, 0.3) is 0 Å². The van der Waals surface area contributed by atoms with E-state index in [4.69, 9.17) is 0 Å². The van der Waals surface area contributed by atoms with Gasteiger partial charge in [0.05, 0.1) is 6.10 Å². The third-order valence-electron chi connectivity index (χ3n) is 2.90. The van der Waals surface area contributed by atoms with E-state index in [0.29, 0.717) is 11.1 Å². The molecule has 0 saturated carbocycles. The first kappa shape index (κ1) is 14.6. The summed E-state index contributed by atoms with van der Waals surface area (Å²) in [4.78, 5) is 11.9. The number of hydrogen-bond acceptors (Lipinski definition) is 2. The van der Waals surface area contributed by atoms with Gasteiger partial charge in [0.1, 0.15) is 5.82 Å². The largest absolute Gasteiger partial charge is 0.391 e. The van der Waals surface area contributed by atoms with Gasteiger partial charge in [0.25, 0.3) is 5.91 Å². The minimum Gasteiger partial charge on any atom is -0.391 e. The van der Waals surface area contributed by atoms with Gasteiger partial charge in [-0.1, -0.05) is 26.8 Å². The van der Waals surface area contributed by atoms with E-state index in [0.717, 1.165) is 0 Å². The van der Waals surface area contributed by atoms with Crippen molar-refractivity contribution in [2.45, 2.75) is 33.8 Å². The van der Waals surface area contributed by atoms with Gasteiger partial charge in [-0.15, -0.1) is 0 Å². The maximum atomic E-state index is 13.1. The highest BCUT2D eigenvalue weighted by molar-refractivity contribution is 5.95. The zero-order chi connectivity index (χ0) is 13.9. The molecule has 0 bridgehead atoms. The molecule has 1 unspecified atom stereocenters. The Kier molecular flexibility index (Phi) is 4.46. The van der Waals surface area contributed by atoms with Crippen molar-refractivity contribution >= 4 is 5.91 Å². The van der Waals surface area contributed by atoms with E-state index in [2.05, 4.69) is 5.32 Å². The summed E-state index contributed by atoms with van der Waals surface area (Å²) in [6.45, 7) is 7.55. The molecule has 0 aliphatic rings. The van der Waals surface area contributed by atoms with Crippen LogP contribution in [0, 0.1) is 18.2 Å². The molecule has 0 radical (unpaired) electrons. The van der Waals surface area contributed by atoms with Crippen LogP contribution in [0.3, 0.4) is 0 Å². The van der Waals surface area contributed by atoms with Crippen LogP contribution in [0.4, 0.5) is 4.39 Å². The van der Waals surface area contributed by atoms with Crippen molar-refractivity contribution in [1.82, 2.24) is 5.32 Å². The van der Waals surface area contributed by atoms with Crippen molar-refractivity contribution in [1.29, 1.82) is 0 Å². The Balaban J connectivity index is 2.69. The Morgan fingerprint density at radius 2 is 2.06 bits per heavy atom. The fourth-order valence-electron chi connectivity index (χ4n) is 1.43. The maximum absolute atomic E-state index is 13.1. The van der Waals surface area contributed by atoms with Gasteiger partial charge in [-0.05, 0) is 30.0 Å². The van der Waals surface area contributed by atoms with Gasteiger partial charge in [0.2, 0.25) is 0 Å². The van der Waals surface area contributed by atoms with Crippen LogP contribution >= 0.6 is 0 Å². The number of carbonyl (C=O) groups excluding carboxylic acids is 1. The number of aliphatic hydroxyl groups excluding tert-OH is 1. The number of halogens is 1. The van der Waals surface area contributed by atoms with Gasteiger partial charge in [0, 0.05) is 12.1 Å². The smallest absolute Gasteiger partial charge is 0.251 e. The number of carbonyl (C=O) groups is 1. The fourth-order valence-corrected chi connectivity index (χ4v) is 1.43. The third-order valence-corrected chi connectivity index (χ3v) is 2.90. The maximum Gasteiger partial charge on any atom is 0.251 e. The second kappa shape index (κ2) is 5.48. The van der Waals surface area contributed by atoms with Crippen LogP contribution < -0.4 is 5.32 Å². The lowest BCUT2D eigenvalue weighted by Gasteiger charge is -2.26. The summed E-state index contributed by atoms with van der Waals surface area (Å²) in [6.07, 6.45) is -0.643. The first-order valence-electron chi connectivity index (χ1n) is 5.94. The monoisotopic (exact) mass is 253 g/mol. The Bertz CT molecular complexity index is 438. The van der Waals surface area contributed by atoms with Crippen LogP contribution in [0.2, 0.25) is 0 Å². The van der Waals surface area contributed by atoms with Gasteiger partial charge < -0.3 is 10.4 Å². The molecule has 100 valence electrons. The number of aryl methyl sites for hydroxylation is 1. The number of rotatable bonds is 3. The number of aliphatic hydroxyl groups is 1. The average Bonchev–Trinajstić information content (AvgIpc) is 2.27. The van der Waals surface area contributed by atoms with Gasteiger partial charge in [0.15, 0.2) is 0 Å². The highest BCUT2D eigenvalue weighted by Crippen LogP contribution is 2.18. The summed E-state index contributed by atoms with van der Waals surface area (Å²) < 4.78 is 13.1. The summed E-state index contributed by atoms with van der Waals surface area (Å²) in [6, 6.07) is 4.08. The van der Waals surface area contributed by atoms with Gasteiger partial charge in [-0.25, -0.2) is 4.39 Å². The van der Waals surface area contributed by atoms with Gasteiger partial charge in [-0.3, -0.25) is 4.79 Å². The van der Waals surface area contributed by atoms with Crippen molar-refractivity contribution in [2.75, 3.05) is 6.54 Å². The number of nitrogens with one attached hydrogen (secondary N) is 1. The second-order valence-electron chi connectivity index (χ2n) is 5.55. The summed E-state index contributed by atoms with van der Waals surface area (Å²) in [7, 11) is 0. The Hall–Kier alpha value is -1.42. The summed E-state index contributed by atoms with van der Waals surface area (Å²) in [5.74, 6) is -0.808. The molecule has 0 heterocycles. The SMILES string of the molecule is Cc1ccc(F)cc1C(=O)NCC(O)C(C)(C)C. The molecule has 0 fully saturated rings. The minimum atomic E-state index is -0.643. The normalized spacial score (nSPS) is 13.2. The van der Waals surface area contributed by atoms with E-state index in [1.54, 1.807) is 13.0 Å². The Morgan fingerprint density at radius 1 is 1.44 bits per heavy atom. The molecule has 1 amide bonds. The van der Waals surface area contributed by atoms with E-state index in [9.17, 15) is 14.3 Å². The van der Waals surface area contributed by atoms with Crippen LogP contribution in [-0.4, -0.2) is 23.7 Å². The molecule has 2 N–H and O–H groups in total.